The summed E-state index contributed by atoms with van der Waals surface area (Å²) in [6.07, 6.45) is 0. The third-order valence-electron chi connectivity index (χ3n) is 3.90. The van der Waals surface area contributed by atoms with Crippen LogP contribution in [0.5, 0.6) is 0 Å². The van der Waals surface area contributed by atoms with Crippen molar-refractivity contribution in [3.63, 3.8) is 0 Å². The molecule has 26 heavy (non-hydrogen) atoms. The number of carbonyl (C=O) groups excluding carboxylic acids is 1. The van der Waals surface area contributed by atoms with E-state index in [1.807, 2.05) is 30.3 Å². The van der Waals surface area contributed by atoms with Crippen molar-refractivity contribution in [2.24, 2.45) is 0 Å². The molecule has 0 N–H and O–H groups in total. The van der Waals surface area contributed by atoms with E-state index in [1.165, 1.54) is 7.11 Å². The number of aromatic nitrogens is 4. The molecule has 0 saturated carbocycles. The molecular weight excluding hydrogens is 336 g/mol. The monoisotopic (exact) mass is 356 g/mol. The molecule has 2 heterocycles. The predicted octanol–water partition coefficient (Wildman–Crippen LogP) is 2.05. The van der Waals surface area contributed by atoms with E-state index in [2.05, 4.69) is 15.3 Å². The SMILES string of the molecule is COCCOC(=O)c1nnc2c(-c3ccccc3)c(COC)nn2c1C. The van der Waals surface area contributed by atoms with Gasteiger partial charge in [0, 0.05) is 14.2 Å². The third-order valence-corrected chi connectivity index (χ3v) is 3.90. The lowest BCUT2D eigenvalue weighted by molar-refractivity contribution is 0.0378. The summed E-state index contributed by atoms with van der Waals surface area (Å²) < 4.78 is 16.9. The normalized spacial score (nSPS) is 11.0. The fourth-order valence-electron chi connectivity index (χ4n) is 2.66. The summed E-state index contributed by atoms with van der Waals surface area (Å²) in [5.74, 6) is -0.556. The number of hydrogen-bond acceptors (Lipinski definition) is 7. The van der Waals surface area contributed by atoms with Crippen LogP contribution in [0.1, 0.15) is 21.9 Å². The van der Waals surface area contributed by atoms with E-state index in [-0.39, 0.29) is 12.3 Å². The zero-order chi connectivity index (χ0) is 18.5. The molecule has 0 bridgehead atoms. The summed E-state index contributed by atoms with van der Waals surface area (Å²) in [6.45, 7) is 2.55. The van der Waals surface area contributed by atoms with Crippen LogP contribution in [0.4, 0.5) is 0 Å². The van der Waals surface area contributed by atoms with E-state index in [1.54, 1.807) is 18.5 Å². The van der Waals surface area contributed by atoms with Crippen molar-refractivity contribution in [3.8, 4) is 11.1 Å². The Morgan fingerprint density at radius 2 is 1.85 bits per heavy atom. The van der Waals surface area contributed by atoms with Gasteiger partial charge in [0.2, 0.25) is 0 Å². The van der Waals surface area contributed by atoms with Gasteiger partial charge in [0.25, 0.3) is 0 Å². The summed E-state index contributed by atoms with van der Waals surface area (Å²) in [5, 5.41) is 12.9. The molecule has 3 rings (SSSR count). The van der Waals surface area contributed by atoms with Gasteiger partial charge in [-0.05, 0) is 12.5 Å². The molecule has 0 radical (unpaired) electrons. The van der Waals surface area contributed by atoms with Crippen molar-refractivity contribution >= 4 is 11.6 Å². The molecule has 0 aliphatic heterocycles. The van der Waals surface area contributed by atoms with Crippen molar-refractivity contribution in [2.75, 3.05) is 27.4 Å². The Morgan fingerprint density at radius 1 is 1.08 bits per heavy atom. The van der Waals surface area contributed by atoms with Crippen LogP contribution in [-0.2, 0) is 20.8 Å². The molecule has 0 saturated heterocycles. The summed E-state index contributed by atoms with van der Waals surface area (Å²) in [5.41, 5.74) is 3.76. The molecule has 3 aromatic rings. The van der Waals surface area contributed by atoms with Gasteiger partial charge in [0.1, 0.15) is 6.61 Å². The molecule has 8 heteroatoms. The van der Waals surface area contributed by atoms with Gasteiger partial charge in [-0.25, -0.2) is 9.31 Å². The average molecular weight is 356 g/mol. The Morgan fingerprint density at radius 3 is 2.54 bits per heavy atom. The first-order valence-corrected chi connectivity index (χ1v) is 8.12. The van der Waals surface area contributed by atoms with Crippen LogP contribution in [0.2, 0.25) is 0 Å². The number of aryl methyl sites for hydroxylation is 1. The molecule has 8 nitrogen and oxygen atoms in total. The molecule has 2 aromatic heterocycles. The maximum absolute atomic E-state index is 12.2. The van der Waals surface area contributed by atoms with Crippen LogP contribution in [-0.4, -0.2) is 53.2 Å². The van der Waals surface area contributed by atoms with Crippen LogP contribution in [0.25, 0.3) is 16.8 Å². The van der Waals surface area contributed by atoms with Crippen LogP contribution < -0.4 is 0 Å². The van der Waals surface area contributed by atoms with Crippen LogP contribution in [0.15, 0.2) is 30.3 Å². The number of ether oxygens (including phenoxy) is 3. The standard InChI is InChI=1S/C18H20N4O4/c1-12-16(18(23)26-10-9-24-2)19-20-17-15(13-7-5-4-6-8-13)14(11-25-3)21-22(12)17/h4-8H,9-11H2,1-3H3. The second-order valence-corrected chi connectivity index (χ2v) is 5.62. The summed E-state index contributed by atoms with van der Waals surface area (Å²) in [7, 11) is 3.15. The fourth-order valence-corrected chi connectivity index (χ4v) is 2.66. The number of hydrogen-bond donors (Lipinski definition) is 0. The van der Waals surface area contributed by atoms with Crippen molar-refractivity contribution in [1.29, 1.82) is 0 Å². The number of benzene rings is 1. The van der Waals surface area contributed by atoms with Crippen LogP contribution in [0, 0.1) is 6.92 Å². The first-order chi connectivity index (χ1) is 12.7. The minimum absolute atomic E-state index is 0.125. The molecule has 0 unspecified atom stereocenters. The highest BCUT2D eigenvalue weighted by Crippen LogP contribution is 2.28. The summed E-state index contributed by atoms with van der Waals surface area (Å²) >= 11 is 0. The van der Waals surface area contributed by atoms with Crippen molar-refractivity contribution < 1.29 is 19.0 Å². The number of fused-ring (bicyclic) bond motifs is 1. The maximum Gasteiger partial charge on any atom is 0.360 e. The lowest BCUT2D eigenvalue weighted by Crippen LogP contribution is -2.16. The quantitative estimate of drug-likeness (QED) is 0.473. The molecule has 0 atom stereocenters. The highest BCUT2D eigenvalue weighted by atomic mass is 16.6. The van der Waals surface area contributed by atoms with Gasteiger partial charge in [-0.1, -0.05) is 30.3 Å². The van der Waals surface area contributed by atoms with Gasteiger partial charge >= 0.3 is 5.97 Å². The topological polar surface area (TPSA) is 87.8 Å². The zero-order valence-electron chi connectivity index (χ0n) is 14.9. The second kappa shape index (κ2) is 8.03. The minimum Gasteiger partial charge on any atom is -0.458 e. The summed E-state index contributed by atoms with van der Waals surface area (Å²) in [6, 6.07) is 9.77. The fraction of sp³-hybridized carbons (Fsp3) is 0.333. The molecule has 1 aromatic carbocycles. The van der Waals surface area contributed by atoms with Gasteiger partial charge < -0.3 is 14.2 Å². The largest absolute Gasteiger partial charge is 0.458 e. The molecule has 0 aliphatic carbocycles. The first kappa shape index (κ1) is 18.0. The molecule has 136 valence electrons. The molecule has 0 fully saturated rings. The van der Waals surface area contributed by atoms with Gasteiger partial charge in [0.05, 0.1) is 30.2 Å². The predicted molar refractivity (Wildman–Crippen MR) is 93.8 cm³/mol. The Balaban J connectivity index is 2.08. The minimum atomic E-state index is -0.556. The Bertz CT molecular complexity index is 908. The van der Waals surface area contributed by atoms with E-state index in [0.717, 1.165) is 16.8 Å². The van der Waals surface area contributed by atoms with E-state index >= 15 is 0 Å². The van der Waals surface area contributed by atoms with Crippen LogP contribution in [0.3, 0.4) is 0 Å². The van der Waals surface area contributed by atoms with E-state index in [0.29, 0.717) is 24.6 Å². The average Bonchev–Trinajstić information content (AvgIpc) is 3.02. The molecule has 0 aliphatic rings. The van der Waals surface area contributed by atoms with Crippen LogP contribution >= 0.6 is 0 Å². The highest BCUT2D eigenvalue weighted by Gasteiger charge is 2.22. The van der Waals surface area contributed by atoms with E-state index < -0.39 is 5.97 Å². The van der Waals surface area contributed by atoms with Gasteiger partial charge in [-0.15, -0.1) is 10.2 Å². The maximum atomic E-state index is 12.2. The number of rotatable bonds is 7. The Hall–Kier alpha value is -2.84. The third kappa shape index (κ3) is 3.42. The number of methoxy groups -OCH3 is 2. The Kier molecular flexibility index (Phi) is 5.55. The molecule has 0 spiro atoms. The van der Waals surface area contributed by atoms with E-state index in [9.17, 15) is 4.79 Å². The van der Waals surface area contributed by atoms with Gasteiger partial charge in [-0.3, -0.25) is 0 Å². The van der Waals surface area contributed by atoms with Gasteiger partial charge in [-0.2, -0.15) is 5.10 Å². The molecule has 0 amide bonds. The molecular formula is C18H20N4O4. The lowest BCUT2D eigenvalue weighted by atomic mass is 10.1. The van der Waals surface area contributed by atoms with Gasteiger partial charge in [0.15, 0.2) is 11.3 Å². The number of esters is 1. The highest BCUT2D eigenvalue weighted by molar-refractivity contribution is 5.89. The van der Waals surface area contributed by atoms with E-state index in [4.69, 9.17) is 14.2 Å². The second-order valence-electron chi connectivity index (χ2n) is 5.62. The first-order valence-electron chi connectivity index (χ1n) is 8.12. The number of nitrogens with zero attached hydrogens (tertiary/aromatic N) is 4. The van der Waals surface area contributed by atoms with Crippen molar-refractivity contribution in [3.05, 3.63) is 47.4 Å². The van der Waals surface area contributed by atoms with Crippen molar-refractivity contribution in [1.82, 2.24) is 19.8 Å². The smallest absolute Gasteiger partial charge is 0.360 e. The Labute approximate surface area is 150 Å². The van der Waals surface area contributed by atoms with Crippen molar-refractivity contribution in [2.45, 2.75) is 13.5 Å². The number of carbonyl (C=O) groups is 1. The lowest BCUT2D eigenvalue weighted by Gasteiger charge is -2.07. The zero-order valence-corrected chi connectivity index (χ0v) is 14.9. The summed E-state index contributed by atoms with van der Waals surface area (Å²) in [4.78, 5) is 12.2.